The van der Waals surface area contributed by atoms with Gasteiger partial charge in [-0.25, -0.2) is 11.0 Å². The molecule has 3 N–H and O–H groups in total. The molecule has 0 saturated carbocycles. The quantitative estimate of drug-likeness (QED) is 0.422. The molecule has 1 aromatic carbocycles. The maximum Gasteiger partial charge on any atom is 0.0800 e. The zero-order valence-corrected chi connectivity index (χ0v) is 7.91. The lowest BCUT2D eigenvalue weighted by molar-refractivity contribution is 0.260. The third-order valence-corrected chi connectivity index (χ3v) is 2.18. The molecule has 0 aliphatic carbocycles. The lowest BCUT2D eigenvalue weighted by Gasteiger charge is -2.13. The first-order valence-corrected chi connectivity index (χ1v) is 4.10. The van der Waals surface area contributed by atoms with Crippen LogP contribution in [0.2, 0.25) is 0 Å². The van der Waals surface area contributed by atoms with Crippen LogP contribution in [0.5, 0.6) is 0 Å². The van der Waals surface area contributed by atoms with E-state index in [0.29, 0.717) is 6.54 Å². The van der Waals surface area contributed by atoms with Crippen LogP contribution in [-0.2, 0) is 6.54 Å². The fourth-order valence-corrected chi connectivity index (χ4v) is 1.19. The second-order valence-electron chi connectivity index (χ2n) is 3.06. The molecule has 0 aliphatic rings. The van der Waals surface area contributed by atoms with E-state index in [9.17, 15) is 0 Å². The minimum Gasteiger partial charge on any atom is -0.230 e. The van der Waals surface area contributed by atoms with Gasteiger partial charge in [-0.15, -0.1) is 0 Å². The maximum absolute atomic E-state index is 6.71. The molecule has 0 fully saturated rings. The summed E-state index contributed by atoms with van der Waals surface area (Å²) < 4.78 is 0. The molecule has 4 nitrogen and oxygen atoms in total. The molecule has 0 bridgehead atoms. The van der Waals surface area contributed by atoms with Crippen LogP contribution in [0.3, 0.4) is 0 Å². The molecule has 1 aromatic rings. The fourth-order valence-electron chi connectivity index (χ4n) is 1.19. The van der Waals surface area contributed by atoms with Gasteiger partial charge in [0.2, 0.25) is 0 Å². The van der Waals surface area contributed by atoms with Gasteiger partial charge < -0.3 is 0 Å². The molecular formula is C9H14N4. The number of benzene rings is 1. The van der Waals surface area contributed by atoms with Crippen molar-refractivity contribution in [3.63, 3.8) is 0 Å². The van der Waals surface area contributed by atoms with Crippen molar-refractivity contribution in [2.75, 3.05) is 0 Å². The minimum absolute atomic E-state index is 0.483. The van der Waals surface area contributed by atoms with Gasteiger partial charge in [0.25, 0.3) is 0 Å². The topological polar surface area (TPSA) is 65.5 Å². The van der Waals surface area contributed by atoms with Crippen LogP contribution in [0, 0.1) is 19.4 Å². The largest absolute Gasteiger partial charge is 0.230 e. The van der Waals surface area contributed by atoms with Crippen molar-refractivity contribution in [1.82, 2.24) is 5.12 Å². The maximum atomic E-state index is 6.71. The highest BCUT2D eigenvalue weighted by Gasteiger charge is 2.02. The Morgan fingerprint density at radius 1 is 1.46 bits per heavy atom. The Hall–Kier alpha value is -1.42. The first kappa shape index (κ1) is 9.67. The average Bonchev–Trinajstić information content (AvgIpc) is 2.13. The van der Waals surface area contributed by atoms with Crippen molar-refractivity contribution in [2.45, 2.75) is 20.4 Å². The molecular weight excluding hydrogens is 164 g/mol. The van der Waals surface area contributed by atoms with E-state index in [2.05, 4.69) is 18.2 Å². The number of nitrogens with zero attached hydrogens (tertiary/aromatic N) is 2. The highest BCUT2D eigenvalue weighted by molar-refractivity contribution is 5.32. The highest BCUT2D eigenvalue weighted by atomic mass is 15.7. The van der Waals surface area contributed by atoms with Gasteiger partial charge >= 0.3 is 0 Å². The second kappa shape index (κ2) is 4.00. The Kier molecular flexibility index (Phi) is 2.97. The van der Waals surface area contributed by atoms with Crippen molar-refractivity contribution in [2.24, 2.45) is 11.1 Å². The van der Waals surface area contributed by atoms with E-state index in [1.807, 2.05) is 19.1 Å². The lowest BCUT2D eigenvalue weighted by Crippen LogP contribution is -2.24. The molecule has 0 radical (unpaired) electrons. The summed E-state index contributed by atoms with van der Waals surface area (Å²) in [6.07, 6.45) is 0. The molecule has 0 atom stereocenters. The number of hydrazine groups is 1. The third kappa shape index (κ3) is 2.26. The predicted octanol–water partition coefficient (Wildman–Crippen LogP) is 1.93. The molecule has 0 amide bonds. The smallest absolute Gasteiger partial charge is 0.0800 e. The summed E-state index contributed by atoms with van der Waals surface area (Å²) in [6.45, 7) is 4.58. The summed E-state index contributed by atoms with van der Waals surface area (Å²) in [6, 6.07) is 6.03. The van der Waals surface area contributed by atoms with E-state index in [0.717, 1.165) is 10.7 Å². The fraction of sp³-hybridized carbons (Fsp3) is 0.333. The monoisotopic (exact) mass is 178 g/mol. The van der Waals surface area contributed by atoms with Crippen LogP contribution < -0.4 is 5.84 Å². The van der Waals surface area contributed by atoms with Gasteiger partial charge in [-0.3, -0.25) is 0 Å². The number of rotatable bonds is 3. The van der Waals surface area contributed by atoms with Crippen molar-refractivity contribution < 1.29 is 0 Å². The van der Waals surface area contributed by atoms with E-state index in [1.165, 1.54) is 11.1 Å². The van der Waals surface area contributed by atoms with Crippen LogP contribution in [0.25, 0.3) is 0 Å². The van der Waals surface area contributed by atoms with Gasteiger partial charge in [0.1, 0.15) is 0 Å². The number of hydrogen-bond acceptors (Lipinski definition) is 3. The first-order chi connectivity index (χ1) is 6.15. The van der Waals surface area contributed by atoms with E-state index in [1.54, 1.807) is 0 Å². The van der Waals surface area contributed by atoms with E-state index >= 15 is 0 Å². The lowest BCUT2D eigenvalue weighted by atomic mass is 10.0. The molecule has 0 saturated heterocycles. The Balaban J connectivity index is 2.88. The van der Waals surface area contributed by atoms with Crippen molar-refractivity contribution >= 4 is 0 Å². The van der Waals surface area contributed by atoms with Gasteiger partial charge in [0, 0.05) is 0 Å². The predicted molar refractivity (Wildman–Crippen MR) is 50.8 cm³/mol. The highest BCUT2D eigenvalue weighted by Crippen LogP contribution is 2.13. The van der Waals surface area contributed by atoms with Crippen LogP contribution in [-0.4, -0.2) is 5.12 Å². The van der Waals surface area contributed by atoms with E-state index in [-0.39, 0.29) is 0 Å². The van der Waals surface area contributed by atoms with Crippen molar-refractivity contribution in [1.29, 1.82) is 5.53 Å². The Labute approximate surface area is 77.8 Å². The van der Waals surface area contributed by atoms with Crippen molar-refractivity contribution in [3.8, 4) is 0 Å². The molecule has 0 unspecified atom stereocenters. The third-order valence-electron chi connectivity index (χ3n) is 2.18. The molecule has 13 heavy (non-hydrogen) atoms. The van der Waals surface area contributed by atoms with Crippen LogP contribution in [0.15, 0.2) is 23.4 Å². The number of nitrogens with one attached hydrogen (secondary N) is 1. The minimum atomic E-state index is 0.483. The van der Waals surface area contributed by atoms with E-state index < -0.39 is 0 Å². The molecule has 70 valence electrons. The molecule has 0 heterocycles. The van der Waals surface area contributed by atoms with Gasteiger partial charge in [0.15, 0.2) is 0 Å². The summed E-state index contributed by atoms with van der Waals surface area (Å²) >= 11 is 0. The van der Waals surface area contributed by atoms with Crippen LogP contribution in [0.4, 0.5) is 0 Å². The Bertz CT molecular complexity index is 308. The summed E-state index contributed by atoms with van der Waals surface area (Å²) in [5.41, 5.74) is 10.3. The molecule has 0 aliphatic heterocycles. The Morgan fingerprint density at radius 2 is 2.15 bits per heavy atom. The van der Waals surface area contributed by atoms with Crippen molar-refractivity contribution in [3.05, 3.63) is 34.9 Å². The standard InChI is InChI=1S/C9H14N4/c1-7-4-3-5-9(8(7)2)6-13(11)12-10/h3-5,10H,6,11H2,1-2H3. The molecule has 0 spiro atoms. The molecule has 0 aromatic heterocycles. The van der Waals surface area contributed by atoms with Gasteiger partial charge in [0.05, 0.1) is 6.54 Å². The summed E-state index contributed by atoms with van der Waals surface area (Å²) in [5.74, 6) is 5.40. The number of aryl methyl sites for hydroxylation is 1. The first-order valence-electron chi connectivity index (χ1n) is 4.10. The summed E-state index contributed by atoms with van der Waals surface area (Å²) in [7, 11) is 0. The zero-order valence-electron chi connectivity index (χ0n) is 7.91. The van der Waals surface area contributed by atoms with Crippen LogP contribution in [0.1, 0.15) is 16.7 Å². The normalized spacial score (nSPS) is 9.77. The van der Waals surface area contributed by atoms with Gasteiger partial charge in [-0.05, 0) is 30.5 Å². The molecule has 4 heteroatoms. The van der Waals surface area contributed by atoms with E-state index in [4.69, 9.17) is 11.4 Å². The molecule has 1 rings (SSSR count). The SMILES string of the molecule is Cc1cccc(CN(N)N=N)c1C. The summed E-state index contributed by atoms with van der Waals surface area (Å²) in [5, 5.41) is 4.23. The summed E-state index contributed by atoms with van der Waals surface area (Å²) in [4.78, 5) is 0. The number of hydrogen-bond donors (Lipinski definition) is 2. The zero-order chi connectivity index (χ0) is 9.84. The Morgan fingerprint density at radius 3 is 2.77 bits per heavy atom. The second-order valence-corrected chi connectivity index (χ2v) is 3.06. The number of nitrogens with two attached hydrogens (primary N) is 1. The average molecular weight is 178 g/mol. The van der Waals surface area contributed by atoms with Gasteiger partial charge in [-0.2, -0.15) is 5.53 Å². The van der Waals surface area contributed by atoms with Gasteiger partial charge in [-0.1, -0.05) is 23.4 Å². The van der Waals surface area contributed by atoms with Crippen LogP contribution >= 0.6 is 0 Å².